The molecule has 1 heteroatoms. The second-order valence-corrected chi connectivity index (χ2v) is 6.46. The van der Waals surface area contributed by atoms with Crippen LogP contribution in [-0.4, -0.2) is 6.04 Å². The first kappa shape index (κ1) is 13.2. The van der Waals surface area contributed by atoms with Gasteiger partial charge in [0.05, 0.1) is 0 Å². The number of nitrogens with one attached hydrogen (secondary N) is 1. The van der Waals surface area contributed by atoms with Crippen LogP contribution < -0.4 is 5.32 Å². The first-order chi connectivity index (χ1) is 9.38. The molecule has 0 aliphatic heterocycles. The molecule has 1 N–H and O–H groups in total. The standard InChI is InChI=1S/C18H27N/c1-2-14-13-17(14)19-18(15-9-5-3-6-10-15)16-11-7-4-8-12-16/h3,5-6,9-10,14,16-19H,2,4,7-8,11-13H2,1H3. The lowest BCUT2D eigenvalue weighted by molar-refractivity contribution is 0.267. The van der Waals surface area contributed by atoms with Gasteiger partial charge in [0.1, 0.15) is 0 Å². The molecule has 0 bridgehead atoms. The maximum atomic E-state index is 3.98. The molecule has 2 aliphatic rings. The highest BCUT2D eigenvalue weighted by atomic mass is 15.0. The maximum absolute atomic E-state index is 3.98. The van der Waals surface area contributed by atoms with Crippen LogP contribution >= 0.6 is 0 Å². The quantitative estimate of drug-likeness (QED) is 0.806. The number of hydrogen-bond acceptors (Lipinski definition) is 1. The van der Waals surface area contributed by atoms with E-state index in [-0.39, 0.29) is 0 Å². The van der Waals surface area contributed by atoms with Gasteiger partial charge >= 0.3 is 0 Å². The fourth-order valence-electron chi connectivity index (χ4n) is 3.77. The van der Waals surface area contributed by atoms with Crippen LogP contribution in [0, 0.1) is 11.8 Å². The van der Waals surface area contributed by atoms with Crippen LogP contribution in [0.3, 0.4) is 0 Å². The van der Waals surface area contributed by atoms with Gasteiger partial charge in [0, 0.05) is 12.1 Å². The summed E-state index contributed by atoms with van der Waals surface area (Å²) in [5.74, 6) is 1.80. The van der Waals surface area contributed by atoms with E-state index < -0.39 is 0 Å². The van der Waals surface area contributed by atoms with Crippen molar-refractivity contribution in [3.63, 3.8) is 0 Å². The van der Waals surface area contributed by atoms with Crippen molar-refractivity contribution >= 4 is 0 Å². The lowest BCUT2D eigenvalue weighted by atomic mass is 9.81. The highest BCUT2D eigenvalue weighted by molar-refractivity contribution is 5.20. The summed E-state index contributed by atoms with van der Waals surface area (Å²) in [4.78, 5) is 0. The van der Waals surface area contributed by atoms with Crippen LogP contribution in [0.4, 0.5) is 0 Å². The van der Waals surface area contributed by atoms with E-state index in [2.05, 4.69) is 42.6 Å². The first-order valence-electron chi connectivity index (χ1n) is 8.19. The van der Waals surface area contributed by atoms with Gasteiger partial charge in [-0.15, -0.1) is 0 Å². The van der Waals surface area contributed by atoms with Gasteiger partial charge in [-0.05, 0) is 36.7 Å². The Morgan fingerprint density at radius 1 is 1.11 bits per heavy atom. The Labute approximate surface area is 117 Å². The van der Waals surface area contributed by atoms with E-state index >= 15 is 0 Å². The first-order valence-corrected chi connectivity index (χ1v) is 8.19. The van der Waals surface area contributed by atoms with Gasteiger partial charge in [0.2, 0.25) is 0 Å². The van der Waals surface area contributed by atoms with E-state index in [1.165, 1.54) is 50.5 Å². The van der Waals surface area contributed by atoms with Gasteiger partial charge in [-0.3, -0.25) is 0 Å². The molecular formula is C18H27N. The molecule has 2 saturated carbocycles. The Balaban J connectivity index is 1.71. The number of hydrogen-bond donors (Lipinski definition) is 1. The minimum absolute atomic E-state index is 0.600. The zero-order valence-corrected chi connectivity index (χ0v) is 12.1. The minimum atomic E-state index is 0.600. The maximum Gasteiger partial charge on any atom is 0.0351 e. The second-order valence-electron chi connectivity index (χ2n) is 6.46. The van der Waals surface area contributed by atoms with E-state index in [1.54, 1.807) is 0 Å². The summed E-state index contributed by atoms with van der Waals surface area (Å²) < 4.78 is 0. The van der Waals surface area contributed by atoms with Gasteiger partial charge in [0.15, 0.2) is 0 Å². The molecule has 104 valence electrons. The number of benzene rings is 1. The zero-order chi connectivity index (χ0) is 13.1. The molecular weight excluding hydrogens is 230 g/mol. The van der Waals surface area contributed by atoms with Crippen molar-refractivity contribution in [2.24, 2.45) is 11.8 Å². The molecule has 3 atom stereocenters. The van der Waals surface area contributed by atoms with Crippen molar-refractivity contribution in [2.45, 2.75) is 64.0 Å². The molecule has 0 saturated heterocycles. The molecule has 0 radical (unpaired) electrons. The smallest absolute Gasteiger partial charge is 0.0351 e. The van der Waals surface area contributed by atoms with Gasteiger partial charge in [-0.25, -0.2) is 0 Å². The summed E-state index contributed by atoms with van der Waals surface area (Å²) in [6, 6.07) is 12.5. The van der Waals surface area contributed by atoms with Crippen molar-refractivity contribution in [3.05, 3.63) is 35.9 Å². The predicted molar refractivity (Wildman–Crippen MR) is 81.1 cm³/mol. The predicted octanol–water partition coefficient (Wildman–Crippen LogP) is 4.70. The van der Waals surface area contributed by atoms with Crippen LogP contribution in [0.5, 0.6) is 0 Å². The third kappa shape index (κ3) is 3.20. The van der Waals surface area contributed by atoms with E-state index in [4.69, 9.17) is 0 Å². The normalized spacial score (nSPS) is 29.1. The van der Waals surface area contributed by atoms with Crippen molar-refractivity contribution in [1.82, 2.24) is 5.32 Å². The third-order valence-electron chi connectivity index (χ3n) is 5.12. The molecule has 1 aromatic carbocycles. The lowest BCUT2D eigenvalue weighted by Crippen LogP contribution is -2.32. The molecule has 3 rings (SSSR count). The molecule has 19 heavy (non-hydrogen) atoms. The average Bonchev–Trinajstić information content (AvgIpc) is 3.25. The molecule has 2 fully saturated rings. The highest BCUT2D eigenvalue weighted by Crippen LogP contribution is 2.40. The van der Waals surface area contributed by atoms with Crippen LogP contribution in [0.2, 0.25) is 0 Å². The molecule has 1 nitrogen and oxygen atoms in total. The summed E-state index contributed by atoms with van der Waals surface area (Å²) in [6.07, 6.45) is 9.86. The molecule has 3 unspecified atom stereocenters. The Hall–Kier alpha value is -0.820. The second kappa shape index (κ2) is 6.09. The summed E-state index contributed by atoms with van der Waals surface area (Å²) in [5, 5.41) is 3.98. The summed E-state index contributed by atoms with van der Waals surface area (Å²) in [7, 11) is 0. The van der Waals surface area contributed by atoms with Crippen molar-refractivity contribution < 1.29 is 0 Å². The molecule has 0 spiro atoms. The topological polar surface area (TPSA) is 12.0 Å². The zero-order valence-electron chi connectivity index (χ0n) is 12.1. The van der Waals surface area contributed by atoms with Crippen LogP contribution in [0.1, 0.15) is 63.5 Å². The van der Waals surface area contributed by atoms with E-state index in [9.17, 15) is 0 Å². The lowest BCUT2D eigenvalue weighted by Gasteiger charge is -2.32. The van der Waals surface area contributed by atoms with Crippen molar-refractivity contribution in [1.29, 1.82) is 0 Å². The van der Waals surface area contributed by atoms with Crippen LogP contribution in [-0.2, 0) is 0 Å². The Morgan fingerprint density at radius 3 is 2.47 bits per heavy atom. The minimum Gasteiger partial charge on any atom is -0.307 e. The average molecular weight is 257 g/mol. The Bertz CT molecular complexity index is 380. The molecule has 0 amide bonds. The van der Waals surface area contributed by atoms with Gasteiger partial charge in [0.25, 0.3) is 0 Å². The number of rotatable bonds is 5. The molecule has 2 aliphatic carbocycles. The Kier molecular flexibility index (Phi) is 4.22. The fourth-order valence-corrected chi connectivity index (χ4v) is 3.77. The van der Waals surface area contributed by atoms with E-state index in [0.29, 0.717) is 6.04 Å². The van der Waals surface area contributed by atoms with Crippen molar-refractivity contribution in [2.75, 3.05) is 0 Å². The van der Waals surface area contributed by atoms with Gasteiger partial charge in [-0.2, -0.15) is 0 Å². The van der Waals surface area contributed by atoms with Crippen LogP contribution in [0.15, 0.2) is 30.3 Å². The highest BCUT2D eigenvalue weighted by Gasteiger charge is 2.38. The van der Waals surface area contributed by atoms with Crippen LogP contribution in [0.25, 0.3) is 0 Å². The van der Waals surface area contributed by atoms with E-state index in [0.717, 1.165) is 17.9 Å². The molecule has 0 heterocycles. The molecule has 0 aromatic heterocycles. The largest absolute Gasteiger partial charge is 0.307 e. The SMILES string of the molecule is CCC1CC1NC(c1ccccc1)C1CCCCC1. The monoisotopic (exact) mass is 257 g/mol. The fraction of sp³-hybridized carbons (Fsp3) is 0.667. The van der Waals surface area contributed by atoms with E-state index in [1.807, 2.05) is 0 Å². The van der Waals surface area contributed by atoms with Gasteiger partial charge < -0.3 is 5.32 Å². The van der Waals surface area contributed by atoms with Gasteiger partial charge in [-0.1, -0.05) is 62.9 Å². The van der Waals surface area contributed by atoms with Crippen molar-refractivity contribution in [3.8, 4) is 0 Å². The third-order valence-corrected chi connectivity index (χ3v) is 5.12. The molecule has 1 aromatic rings. The summed E-state index contributed by atoms with van der Waals surface area (Å²) in [6.45, 7) is 2.32. The summed E-state index contributed by atoms with van der Waals surface area (Å²) >= 11 is 0. The Morgan fingerprint density at radius 2 is 1.84 bits per heavy atom. The summed E-state index contributed by atoms with van der Waals surface area (Å²) in [5.41, 5.74) is 1.51.